The SMILES string of the molecule is Cl.Cl.Oc1cc(O)cc([C@@H](C2CCC2)N2CCNCC2)c1. The molecular weight excluding hydrogens is 311 g/mol. The van der Waals surface area contributed by atoms with E-state index in [0.717, 1.165) is 31.7 Å². The van der Waals surface area contributed by atoms with Crippen LogP contribution in [0, 0.1) is 5.92 Å². The number of phenols is 2. The molecular formula is C15H24Cl2N2O2. The van der Waals surface area contributed by atoms with Crippen molar-refractivity contribution in [3.63, 3.8) is 0 Å². The summed E-state index contributed by atoms with van der Waals surface area (Å²) in [6, 6.07) is 5.36. The van der Waals surface area contributed by atoms with Crippen molar-refractivity contribution < 1.29 is 10.2 Å². The molecule has 1 aliphatic carbocycles. The molecule has 120 valence electrons. The Morgan fingerprint density at radius 3 is 2.05 bits per heavy atom. The fourth-order valence-corrected chi connectivity index (χ4v) is 3.29. The summed E-state index contributed by atoms with van der Waals surface area (Å²) in [6.45, 7) is 4.12. The van der Waals surface area contributed by atoms with E-state index in [1.54, 1.807) is 0 Å². The summed E-state index contributed by atoms with van der Waals surface area (Å²) in [5, 5.41) is 22.8. The van der Waals surface area contributed by atoms with Crippen LogP contribution in [0.3, 0.4) is 0 Å². The Labute approximate surface area is 138 Å². The van der Waals surface area contributed by atoms with Gasteiger partial charge in [-0.15, -0.1) is 24.8 Å². The summed E-state index contributed by atoms with van der Waals surface area (Å²) in [7, 11) is 0. The molecule has 0 radical (unpaired) electrons. The van der Waals surface area contributed by atoms with E-state index >= 15 is 0 Å². The van der Waals surface area contributed by atoms with Crippen molar-refractivity contribution in [3.05, 3.63) is 23.8 Å². The summed E-state index contributed by atoms with van der Waals surface area (Å²) >= 11 is 0. The Hall–Kier alpha value is -0.680. The second-order valence-electron chi connectivity index (χ2n) is 5.70. The monoisotopic (exact) mass is 334 g/mol. The zero-order valence-corrected chi connectivity index (χ0v) is 13.6. The molecule has 1 heterocycles. The highest BCUT2D eigenvalue weighted by atomic mass is 35.5. The van der Waals surface area contributed by atoms with Gasteiger partial charge in [-0.3, -0.25) is 4.90 Å². The number of hydrogen-bond donors (Lipinski definition) is 3. The Kier molecular flexibility index (Phi) is 7.07. The minimum Gasteiger partial charge on any atom is -0.508 e. The largest absolute Gasteiger partial charge is 0.508 e. The molecule has 6 heteroatoms. The van der Waals surface area contributed by atoms with Gasteiger partial charge >= 0.3 is 0 Å². The minimum absolute atomic E-state index is 0. The molecule has 0 amide bonds. The molecule has 1 atom stereocenters. The maximum Gasteiger partial charge on any atom is 0.119 e. The van der Waals surface area contributed by atoms with Crippen molar-refractivity contribution >= 4 is 24.8 Å². The molecule has 3 rings (SSSR count). The van der Waals surface area contributed by atoms with Gasteiger partial charge in [-0.1, -0.05) is 6.42 Å². The van der Waals surface area contributed by atoms with Gasteiger partial charge in [0.15, 0.2) is 0 Å². The lowest BCUT2D eigenvalue weighted by Gasteiger charge is -2.43. The maximum absolute atomic E-state index is 9.72. The van der Waals surface area contributed by atoms with E-state index in [1.165, 1.54) is 25.3 Å². The zero-order chi connectivity index (χ0) is 13.2. The Morgan fingerprint density at radius 1 is 1.00 bits per heavy atom. The molecule has 2 aliphatic rings. The van der Waals surface area contributed by atoms with Gasteiger partial charge in [-0.2, -0.15) is 0 Å². The fourth-order valence-electron chi connectivity index (χ4n) is 3.29. The van der Waals surface area contributed by atoms with Gasteiger partial charge in [-0.25, -0.2) is 0 Å². The highest BCUT2D eigenvalue weighted by Crippen LogP contribution is 2.42. The summed E-state index contributed by atoms with van der Waals surface area (Å²) < 4.78 is 0. The number of nitrogens with zero attached hydrogens (tertiary/aromatic N) is 1. The highest BCUT2D eigenvalue weighted by Gasteiger charge is 2.33. The van der Waals surface area contributed by atoms with Crippen LogP contribution in [0.1, 0.15) is 30.9 Å². The lowest BCUT2D eigenvalue weighted by Crippen LogP contribution is -2.47. The number of phenolic OH excluding ortho intramolecular Hbond substituents is 2. The predicted molar refractivity (Wildman–Crippen MR) is 88.8 cm³/mol. The summed E-state index contributed by atoms with van der Waals surface area (Å²) in [5.41, 5.74) is 1.06. The van der Waals surface area contributed by atoms with Crippen LogP contribution in [0.2, 0.25) is 0 Å². The molecule has 1 saturated carbocycles. The van der Waals surface area contributed by atoms with Crippen LogP contribution >= 0.6 is 24.8 Å². The van der Waals surface area contributed by atoms with Crippen molar-refractivity contribution in [2.75, 3.05) is 26.2 Å². The molecule has 0 aromatic heterocycles. The first kappa shape index (κ1) is 18.4. The number of piperazine rings is 1. The number of benzene rings is 1. The van der Waals surface area contributed by atoms with Crippen molar-refractivity contribution in [1.82, 2.24) is 10.2 Å². The van der Waals surface area contributed by atoms with Crippen LogP contribution in [0.25, 0.3) is 0 Å². The molecule has 0 bridgehead atoms. The maximum atomic E-state index is 9.72. The third-order valence-electron chi connectivity index (χ3n) is 4.41. The van der Waals surface area contributed by atoms with Crippen LogP contribution in [-0.2, 0) is 0 Å². The molecule has 0 spiro atoms. The molecule has 0 unspecified atom stereocenters. The van der Waals surface area contributed by atoms with Gasteiger partial charge in [0.1, 0.15) is 11.5 Å². The number of halogens is 2. The topological polar surface area (TPSA) is 55.7 Å². The Morgan fingerprint density at radius 2 is 1.57 bits per heavy atom. The van der Waals surface area contributed by atoms with E-state index in [0.29, 0.717) is 12.0 Å². The van der Waals surface area contributed by atoms with Crippen molar-refractivity contribution in [2.24, 2.45) is 5.92 Å². The van der Waals surface area contributed by atoms with Gasteiger partial charge in [0.25, 0.3) is 0 Å². The molecule has 1 aliphatic heterocycles. The predicted octanol–water partition coefficient (Wildman–Crippen LogP) is 2.69. The third kappa shape index (κ3) is 4.16. The first-order chi connectivity index (χ1) is 9.24. The Bertz CT molecular complexity index is 429. The number of hydrogen-bond acceptors (Lipinski definition) is 4. The Balaban J connectivity index is 0.00000110. The summed E-state index contributed by atoms with van der Waals surface area (Å²) in [5.74, 6) is 0.989. The average Bonchev–Trinajstić information content (AvgIpc) is 2.33. The standard InChI is InChI=1S/C15H22N2O2.2ClH/c18-13-8-12(9-14(19)10-13)15(11-2-1-3-11)17-6-4-16-5-7-17;;/h8-11,15-16,18-19H,1-7H2;2*1H/t15-;;/m1../s1. The van der Waals surface area contributed by atoms with E-state index in [9.17, 15) is 10.2 Å². The lowest BCUT2D eigenvalue weighted by atomic mass is 9.76. The number of rotatable bonds is 3. The second kappa shape index (κ2) is 8.08. The lowest BCUT2D eigenvalue weighted by molar-refractivity contribution is 0.0834. The molecule has 4 nitrogen and oxygen atoms in total. The molecule has 3 N–H and O–H groups in total. The minimum atomic E-state index is 0. The van der Waals surface area contributed by atoms with Crippen LogP contribution in [0.15, 0.2) is 18.2 Å². The number of aromatic hydroxyl groups is 2. The van der Waals surface area contributed by atoms with Crippen molar-refractivity contribution in [1.29, 1.82) is 0 Å². The van der Waals surface area contributed by atoms with E-state index in [2.05, 4.69) is 10.2 Å². The normalized spacial score (nSPS) is 20.8. The molecule has 2 fully saturated rings. The van der Waals surface area contributed by atoms with Gasteiger partial charge in [-0.05, 0) is 36.5 Å². The average molecular weight is 335 g/mol. The molecule has 1 aromatic carbocycles. The zero-order valence-electron chi connectivity index (χ0n) is 12.0. The van der Waals surface area contributed by atoms with Gasteiger partial charge in [0.05, 0.1) is 0 Å². The fraction of sp³-hybridized carbons (Fsp3) is 0.600. The van der Waals surface area contributed by atoms with Gasteiger partial charge < -0.3 is 15.5 Å². The number of nitrogens with one attached hydrogen (secondary N) is 1. The van der Waals surface area contributed by atoms with Crippen LogP contribution in [0.4, 0.5) is 0 Å². The van der Waals surface area contributed by atoms with Gasteiger partial charge in [0.2, 0.25) is 0 Å². The first-order valence-electron chi connectivity index (χ1n) is 7.22. The quantitative estimate of drug-likeness (QED) is 0.795. The van der Waals surface area contributed by atoms with Crippen LogP contribution in [0.5, 0.6) is 11.5 Å². The van der Waals surface area contributed by atoms with Crippen LogP contribution in [-0.4, -0.2) is 41.3 Å². The van der Waals surface area contributed by atoms with E-state index < -0.39 is 0 Å². The molecule has 1 aromatic rings. The van der Waals surface area contributed by atoms with E-state index in [-0.39, 0.29) is 36.3 Å². The summed E-state index contributed by atoms with van der Waals surface area (Å²) in [6.07, 6.45) is 3.81. The third-order valence-corrected chi connectivity index (χ3v) is 4.41. The van der Waals surface area contributed by atoms with Crippen molar-refractivity contribution in [2.45, 2.75) is 25.3 Å². The van der Waals surface area contributed by atoms with E-state index in [1.807, 2.05) is 12.1 Å². The molecule has 1 saturated heterocycles. The van der Waals surface area contributed by atoms with Crippen LogP contribution < -0.4 is 5.32 Å². The second-order valence-corrected chi connectivity index (χ2v) is 5.70. The highest BCUT2D eigenvalue weighted by molar-refractivity contribution is 5.85. The van der Waals surface area contributed by atoms with E-state index in [4.69, 9.17) is 0 Å². The first-order valence-corrected chi connectivity index (χ1v) is 7.22. The smallest absolute Gasteiger partial charge is 0.119 e. The summed E-state index contributed by atoms with van der Waals surface area (Å²) in [4.78, 5) is 2.49. The van der Waals surface area contributed by atoms with Gasteiger partial charge in [0, 0.05) is 38.3 Å². The molecule has 21 heavy (non-hydrogen) atoms. The van der Waals surface area contributed by atoms with Crippen molar-refractivity contribution in [3.8, 4) is 11.5 Å².